The second-order valence-corrected chi connectivity index (χ2v) is 6.63. The highest BCUT2D eigenvalue weighted by Gasteiger charge is 2.15. The van der Waals surface area contributed by atoms with Crippen molar-refractivity contribution >= 4 is 22.8 Å². The van der Waals surface area contributed by atoms with E-state index in [0.29, 0.717) is 28.3 Å². The number of carbonyl (C=O) groups is 1. The summed E-state index contributed by atoms with van der Waals surface area (Å²) >= 11 is 0. The summed E-state index contributed by atoms with van der Waals surface area (Å²) in [6.07, 6.45) is 1.45. The molecule has 3 heterocycles. The molecule has 0 bridgehead atoms. The van der Waals surface area contributed by atoms with E-state index in [4.69, 9.17) is 4.74 Å². The van der Waals surface area contributed by atoms with Crippen LogP contribution in [-0.2, 0) is 11.8 Å². The molecule has 10 heteroatoms. The largest absolute Gasteiger partial charge is 0.484 e. The summed E-state index contributed by atoms with van der Waals surface area (Å²) in [5.74, 6) is 0.775. The number of anilines is 1. The Morgan fingerprint density at radius 2 is 2.00 bits per heavy atom. The van der Waals surface area contributed by atoms with Gasteiger partial charge in [-0.3, -0.25) is 19.3 Å². The molecule has 0 fully saturated rings. The number of carbonyl (C=O) groups excluding carboxylic acids is 1. The molecule has 148 valence electrons. The van der Waals surface area contributed by atoms with E-state index in [9.17, 15) is 9.59 Å². The molecule has 0 unspecified atom stereocenters. The third-order valence-electron chi connectivity index (χ3n) is 4.28. The SMILES string of the molecule is Cc1ccc(OCC(=O)Nc2cc(C)nn2-c2nc3c(cnn3C)c(=O)[nH]2)cc1. The number of aromatic amines is 1. The summed E-state index contributed by atoms with van der Waals surface area (Å²) in [5, 5.41) is 11.5. The summed E-state index contributed by atoms with van der Waals surface area (Å²) in [4.78, 5) is 31.7. The minimum atomic E-state index is -0.365. The van der Waals surface area contributed by atoms with E-state index >= 15 is 0 Å². The van der Waals surface area contributed by atoms with Crippen LogP contribution in [0, 0.1) is 13.8 Å². The van der Waals surface area contributed by atoms with Crippen molar-refractivity contribution in [1.29, 1.82) is 0 Å². The van der Waals surface area contributed by atoms with Gasteiger partial charge < -0.3 is 10.1 Å². The number of ether oxygens (including phenoxy) is 1. The Hall–Kier alpha value is -3.95. The van der Waals surface area contributed by atoms with Crippen molar-refractivity contribution in [2.75, 3.05) is 11.9 Å². The molecule has 0 radical (unpaired) electrons. The molecule has 0 aliphatic heterocycles. The van der Waals surface area contributed by atoms with Crippen molar-refractivity contribution in [2.45, 2.75) is 13.8 Å². The fourth-order valence-corrected chi connectivity index (χ4v) is 2.83. The van der Waals surface area contributed by atoms with Gasteiger partial charge in [0.2, 0.25) is 5.95 Å². The first kappa shape index (κ1) is 18.4. The summed E-state index contributed by atoms with van der Waals surface area (Å²) in [5.41, 5.74) is 1.82. The predicted molar refractivity (Wildman–Crippen MR) is 106 cm³/mol. The minimum Gasteiger partial charge on any atom is -0.484 e. The van der Waals surface area contributed by atoms with Gasteiger partial charge in [-0.25, -0.2) is 0 Å². The smallest absolute Gasteiger partial charge is 0.263 e. The lowest BCUT2D eigenvalue weighted by molar-refractivity contribution is -0.118. The number of aryl methyl sites for hydroxylation is 3. The van der Waals surface area contributed by atoms with Crippen molar-refractivity contribution in [3.63, 3.8) is 0 Å². The number of nitrogens with one attached hydrogen (secondary N) is 2. The normalized spacial score (nSPS) is 11.0. The molecule has 1 amide bonds. The van der Waals surface area contributed by atoms with Crippen molar-refractivity contribution in [2.24, 2.45) is 7.05 Å². The summed E-state index contributed by atoms with van der Waals surface area (Å²) < 4.78 is 8.37. The molecule has 0 aliphatic rings. The van der Waals surface area contributed by atoms with Crippen LogP contribution in [0.1, 0.15) is 11.3 Å². The summed E-state index contributed by atoms with van der Waals surface area (Å²) in [7, 11) is 1.69. The number of H-pyrrole nitrogens is 1. The van der Waals surface area contributed by atoms with Gasteiger partial charge in [0.25, 0.3) is 11.5 Å². The fourth-order valence-electron chi connectivity index (χ4n) is 2.83. The average Bonchev–Trinajstić information content (AvgIpc) is 3.24. The average molecular weight is 393 g/mol. The maximum absolute atomic E-state index is 12.4. The highest BCUT2D eigenvalue weighted by atomic mass is 16.5. The molecule has 0 spiro atoms. The molecule has 3 aromatic heterocycles. The van der Waals surface area contributed by atoms with Gasteiger partial charge in [0.05, 0.1) is 11.9 Å². The molecule has 1 aromatic carbocycles. The van der Waals surface area contributed by atoms with Crippen LogP contribution in [0.5, 0.6) is 5.75 Å². The van der Waals surface area contributed by atoms with Crippen LogP contribution >= 0.6 is 0 Å². The first-order valence-corrected chi connectivity index (χ1v) is 8.89. The minimum absolute atomic E-state index is 0.169. The molecule has 0 atom stereocenters. The van der Waals surface area contributed by atoms with Crippen LogP contribution in [0.15, 0.2) is 41.3 Å². The third-order valence-corrected chi connectivity index (χ3v) is 4.28. The number of hydrogen-bond donors (Lipinski definition) is 2. The van der Waals surface area contributed by atoms with E-state index in [1.165, 1.54) is 15.6 Å². The Labute approximate surface area is 165 Å². The second-order valence-electron chi connectivity index (χ2n) is 6.63. The van der Waals surface area contributed by atoms with Crippen LogP contribution in [0.4, 0.5) is 5.82 Å². The summed E-state index contributed by atoms with van der Waals surface area (Å²) in [6.45, 7) is 3.58. The Bertz CT molecular complexity index is 1250. The molecule has 10 nitrogen and oxygen atoms in total. The Balaban J connectivity index is 1.57. The first-order valence-electron chi connectivity index (χ1n) is 8.89. The number of rotatable bonds is 5. The van der Waals surface area contributed by atoms with Gasteiger partial charge in [-0.15, -0.1) is 0 Å². The van der Waals surface area contributed by atoms with Gasteiger partial charge in [-0.2, -0.15) is 19.9 Å². The number of aromatic nitrogens is 6. The fraction of sp³-hybridized carbons (Fsp3) is 0.211. The first-order chi connectivity index (χ1) is 13.9. The van der Waals surface area contributed by atoms with Gasteiger partial charge in [0.15, 0.2) is 12.3 Å². The maximum atomic E-state index is 12.4. The lowest BCUT2D eigenvalue weighted by atomic mass is 10.2. The van der Waals surface area contributed by atoms with Gasteiger partial charge in [-0.1, -0.05) is 17.7 Å². The molecular weight excluding hydrogens is 374 g/mol. The Kier molecular flexibility index (Phi) is 4.59. The van der Waals surface area contributed by atoms with Crippen LogP contribution in [0.25, 0.3) is 17.0 Å². The van der Waals surface area contributed by atoms with E-state index in [-0.39, 0.29) is 24.0 Å². The van der Waals surface area contributed by atoms with Crippen LogP contribution in [0.3, 0.4) is 0 Å². The molecule has 4 aromatic rings. The van der Waals surface area contributed by atoms with Gasteiger partial charge in [0, 0.05) is 13.1 Å². The lowest BCUT2D eigenvalue weighted by Crippen LogP contribution is -2.23. The molecule has 0 saturated carbocycles. The zero-order valence-electron chi connectivity index (χ0n) is 16.1. The number of benzene rings is 1. The van der Waals surface area contributed by atoms with Crippen LogP contribution in [-0.4, -0.2) is 42.0 Å². The molecule has 2 N–H and O–H groups in total. The number of fused-ring (bicyclic) bond motifs is 1. The van der Waals surface area contributed by atoms with Gasteiger partial charge in [-0.05, 0) is 26.0 Å². The number of nitrogens with zero attached hydrogens (tertiary/aromatic N) is 5. The van der Waals surface area contributed by atoms with Crippen LogP contribution in [0.2, 0.25) is 0 Å². The van der Waals surface area contributed by atoms with Crippen molar-refractivity contribution < 1.29 is 9.53 Å². The zero-order valence-corrected chi connectivity index (χ0v) is 16.1. The zero-order chi connectivity index (χ0) is 20.5. The highest BCUT2D eigenvalue weighted by Crippen LogP contribution is 2.16. The predicted octanol–water partition coefficient (Wildman–Crippen LogP) is 1.48. The Morgan fingerprint density at radius 1 is 1.24 bits per heavy atom. The van der Waals surface area contributed by atoms with Gasteiger partial charge in [0.1, 0.15) is 17.0 Å². The third kappa shape index (κ3) is 3.72. The Morgan fingerprint density at radius 3 is 2.76 bits per heavy atom. The standard InChI is InChI=1S/C19H19N7O3/c1-11-4-6-13(7-5-11)29-10-16(27)21-15-8-12(2)24-26(15)19-22-17-14(18(28)23-19)9-20-25(17)3/h4-9H,10H2,1-3H3,(H,21,27)(H,22,23,28). The van der Waals surface area contributed by atoms with Crippen molar-refractivity contribution in [3.8, 4) is 11.7 Å². The molecular formula is C19H19N7O3. The quantitative estimate of drug-likeness (QED) is 0.530. The number of hydrogen-bond acceptors (Lipinski definition) is 6. The lowest BCUT2D eigenvalue weighted by Gasteiger charge is -2.09. The molecule has 29 heavy (non-hydrogen) atoms. The molecule has 0 saturated heterocycles. The van der Waals surface area contributed by atoms with E-state index in [1.54, 1.807) is 32.2 Å². The maximum Gasteiger partial charge on any atom is 0.263 e. The van der Waals surface area contributed by atoms with E-state index < -0.39 is 0 Å². The second kappa shape index (κ2) is 7.23. The van der Waals surface area contributed by atoms with E-state index in [0.717, 1.165) is 5.56 Å². The molecule has 4 rings (SSSR count). The van der Waals surface area contributed by atoms with E-state index in [1.807, 2.05) is 19.1 Å². The highest BCUT2D eigenvalue weighted by molar-refractivity contribution is 5.91. The van der Waals surface area contributed by atoms with Gasteiger partial charge >= 0.3 is 0 Å². The summed E-state index contributed by atoms with van der Waals surface area (Å²) in [6, 6.07) is 9.09. The monoisotopic (exact) mass is 393 g/mol. The van der Waals surface area contributed by atoms with Crippen molar-refractivity contribution in [3.05, 3.63) is 58.1 Å². The molecule has 0 aliphatic carbocycles. The van der Waals surface area contributed by atoms with Crippen molar-refractivity contribution in [1.82, 2.24) is 29.5 Å². The van der Waals surface area contributed by atoms with E-state index in [2.05, 4.69) is 25.5 Å². The topological polar surface area (TPSA) is 120 Å². The van der Waals surface area contributed by atoms with Crippen LogP contribution < -0.4 is 15.6 Å². The number of amides is 1.